The number of non-ortho nitro benzene ring substituents is 1. The molecule has 1 rings (SSSR count). The van der Waals surface area contributed by atoms with Crippen LogP contribution >= 0.6 is 0 Å². The van der Waals surface area contributed by atoms with E-state index in [1.54, 1.807) is 19.1 Å². The van der Waals surface area contributed by atoms with Gasteiger partial charge in [0.05, 0.1) is 4.92 Å². The van der Waals surface area contributed by atoms with Crippen molar-refractivity contribution in [2.45, 2.75) is 39.7 Å². The monoisotopic (exact) mass is 277 g/mol. The van der Waals surface area contributed by atoms with E-state index in [0.29, 0.717) is 5.57 Å². The summed E-state index contributed by atoms with van der Waals surface area (Å²) in [7, 11) is 0. The van der Waals surface area contributed by atoms with E-state index in [2.05, 4.69) is 6.92 Å². The Labute approximate surface area is 118 Å². The lowest BCUT2D eigenvalue weighted by Crippen LogP contribution is -2.06. The van der Waals surface area contributed by atoms with Gasteiger partial charge in [0.25, 0.3) is 5.69 Å². The fourth-order valence-corrected chi connectivity index (χ4v) is 1.58. The van der Waals surface area contributed by atoms with Crippen LogP contribution in [0.3, 0.4) is 0 Å². The number of unbranched alkanes of at least 4 members (excludes halogenated alkanes) is 2. The van der Waals surface area contributed by atoms with Crippen LogP contribution in [0, 0.1) is 10.1 Å². The molecule has 0 aromatic heterocycles. The quantitative estimate of drug-likeness (QED) is 0.250. The number of hydrogen-bond donors (Lipinski definition) is 0. The maximum Gasteiger partial charge on any atom is 0.333 e. The van der Waals surface area contributed by atoms with E-state index in [-0.39, 0.29) is 18.3 Å². The molecule has 0 atom stereocenters. The van der Waals surface area contributed by atoms with E-state index in [1.807, 2.05) is 6.08 Å². The van der Waals surface area contributed by atoms with Gasteiger partial charge in [-0.2, -0.15) is 0 Å². The van der Waals surface area contributed by atoms with Gasteiger partial charge in [0.15, 0.2) is 0 Å². The second kappa shape index (κ2) is 8.09. The largest absolute Gasteiger partial charge is 0.457 e. The summed E-state index contributed by atoms with van der Waals surface area (Å²) in [6.07, 6.45) is 4.88. The summed E-state index contributed by atoms with van der Waals surface area (Å²) in [5.41, 5.74) is 1.35. The molecule has 0 fully saturated rings. The van der Waals surface area contributed by atoms with Crippen LogP contribution in [0.15, 0.2) is 35.9 Å². The van der Waals surface area contributed by atoms with Crippen LogP contribution in [-0.4, -0.2) is 10.9 Å². The van der Waals surface area contributed by atoms with Gasteiger partial charge < -0.3 is 4.74 Å². The number of carbonyl (C=O) groups excluding carboxylic acids is 1. The van der Waals surface area contributed by atoms with Crippen LogP contribution in [-0.2, 0) is 16.1 Å². The fraction of sp³-hybridized carbons (Fsp3) is 0.400. The molecule has 5 nitrogen and oxygen atoms in total. The van der Waals surface area contributed by atoms with E-state index >= 15 is 0 Å². The van der Waals surface area contributed by atoms with Crippen molar-refractivity contribution in [1.29, 1.82) is 0 Å². The van der Waals surface area contributed by atoms with E-state index in [1.165, 1.54) is 12.1 Å². The molecule has 0 saturated carbocycles. The number of nitrogens with zero attached hydrogens (tertiary/aromatic N) is 1. The van der Waals surface area contributed by atoms with Crippen LogP contribution in [0.25, 0.3) is 0 Å². The molecule has 0 bridgehead atoms. The second-order valence-electron chi connectivity index (χ2n) is 4.53. The molecule has 0 unspecified atom stereocenters. The standard InChI is InChI=1S/C15H19NO4/c1-3-4-5-6-12(2)15(17)20-11-13-7-9-14(10-8-13)16(18)19/h6-10H,3-5,11H2,1-2H3. The Hall–Kier alpha value is -2.17. The average Bonchev–Trinajstić information content (AvgIpc) is 2.45. The van der Waals surface area contributed by atoms with Crippen molar-refractivity contribution in [3.05, 3.63) is 51.6 Å². The molecule has 5 heteroatoms. The first-order chi connectivity index (χ1) is 9.54. The van der Waals surface area contributed by atoms with Gasteiger partial charge in [-0.15, -0.1) is 0 Å². The lowest BCUT2D eigenvalue weighted by atomic mass is 10.2. The van der Waals surface area contributed by atoms with Gasteiger partial charge in [-0.05, 0) is 31.0 Å². The molecule has 0 aliphatic rings. The molecule has 20 heavy (non-hydrogen) atoms. The Bertz CT molecular complexity index is 491. The summed E-state index contributed by atoms with van der Waals surface area (Å²) in [6.45, 7) is 3.94. The maximum atomic E-state index is 11.7. The summed E-state index contributed by atoms with van der Waals surface area (Å²) in [5.74, 6) is -0.348. The number of ether oxygens (including phenoxy) is 1. The molecule has 1 aromatic rings. The minimum Gasteiger partial charge on any atom is -0.457 e. The SMILES string of the molecule is CCCCC=C(C)C(=O)OCc1ccc([N+](=O)[O-])cc1. The van der Waals surface area contributed by atoms with Gasteiger partial charge >= 0.3 is 5.97 Å². The number of allylic oxidation sites excluding steroid dienone is 1. The van der Waals surface area contributed by atoms with E-state index in [0.717, 1.165) is 24.8 Å². The van der Waals surface area contributed by atoms with E-state index < -0.39 is 4.92 Å². The maximum absolute atomic E-state index is 11.7. The van der Waals surface area contributed by atoms with Crippen LogP contribution in [0.5, 0.6) is 0 Å². The first-order valence-corrected chi connectivity index (χ1v) is 6.61. The lowest BCUT2D eigenvalue weighted by molar-refractivity contribution is -0.384. The first kappa shape index (κ1) is 15.9. The molecule has 0 radical (unpaired) electrons. The predicted molar refractivity (Wildman–Crippen MR) is 76.2 cm³/mol. The highest BCUT2D eigenvalue weighted by molar-refractivity contribution is 5.87. The average molecular weight is 277 g/mol. The van der Waals surface area contributed by atoms with Crippen molar-refractivity contribution in [1.82, 2.24) is 0 Å². The fourth-order valence-electron chi connectivity index (χ4n) is 1.58. The Morgan fingerprint density at radius 2 is 2.00 bits per heavy atom. The van der Waals surface area contributed by atoms with E-state index in [4.69, 9.17) is 4.74 Å². The first-order valence-electron chi connectivity index (χ1n) is 6.61. The molecule has 0 spiro atoms. The molecule has 0 aliphatic carbocycles. The zero-order valence-electron chi connectivity index (χ0n) is 11.8. The van der Waals surface area contributed by atoms with Crippen molar-refractivity contribution in [3.63, 3.8) is 0 Å². The van der Waals surface area contributed by atoms with Crippen molar-refractivity contribution in [3.8, 4) is 0 Å². The molecule has 0 amide bonds. The second-order valence-corrected chi connectivity index (χ2v) is 4.53. The van der Waals surface area contributed by atoms with Gasteiger partial charge in [0.2, 0.25) is 0 Å². The Balaban J connectivity index is 2.48. The van der Waals surface area contributed by atoms with Crippen LogP contribution in [0.4, 0.5) is 5.69 Å². The van der Waals surface area contributed by atoms with Crippen LogP contribution in [0.1, 0.15) is 38.7 Å². The Morgan fingerprint density at radius 3 is 2.55 bits per heavy atom. The van der Waals surface area contributed by atoms with Crippen molar-refractivity contribution in [2.24, 2.45) is 0 Å². The topological polar surface area (TPSA) is 69.4 Å². The molecule has 0 saturated heterocycles. The Kier molecular flexibility index (Phi) is 6.43. The highest BCUT2D eigenvalue weighted by Gasteiger charge is 2.07. The zero-order valence-corrected chi connectivity index (χ0v) is 11.8. The number of carbonyl (C=O) groups is 1. The minimum absolute atomic E-state index is 0.0238. The zero-order chi connectivity index (χ0) is 15.0. The summed E-state index contributed by atoms with van der Waals surface area (Å²) in [6, 6.07) is 5.96. The molecule has 1 aromatic carbocycles. The van der Waals surface area contributed by atoms with Gasteiger partial charge in [-0.25, -0.2) is 4.79 Å². The third-order valence-corrected chi connectivity index (χ3v) is 2.85. The number of nitro benzene ring substituents is 1. The van der Waals surface area contributed by atoms with Gasteiger partial charge in [0.1, 0.15) is 6.61 Å². The third kappa shape index (κ3) is 5.22. The molecule has 108 valence electrons. The Morgan fingerprint density at radius 1 is 1.35 bits per heavy atom. The summed E-state index contributed by atoms with van der Waals surface area (Å²) < 4.78 is 5.14. The normalized spacial score (nSPS) is 11.2. The van der Waals surface area contributed by atoms with Gasteiger partial charge in [-0.1, -0.05) is 25.8 Å². The third-order valence-electron chi connectivity index (χ3n) is 2.85. The number of esters is 1. The summed E-state index contributed by atoms with van der Waals surface area (Å²) >= 11 is 0. The number of benzene rings is 1. The molecule has 0 N–H and O–H groups in total. The van der Waals surface area contributed by atoms with Crippen molar-refractivity contribution >= 4 is 11.7 Å². The highest BCUT2D eigenvalue weighted by atomic mass is 16.6. The predicted octanol–water partition coefficient (Wildman–Crippen LogP) is 3.77. The number of nitro groups is 1. The smallest absolute Gasteiger partial charge is 0.333 e. The molecular weight excluding hydrogens is 258 g/mol. The number of hydrogen-bond acceptors (Lipinski definition) is 4. The molecule has 0 aliphatic heterocycles. The van der Waals surface area contributed by atoms with Crippen LogP contribution < -0.4 is 0 Å². The van der Waals surface area contributed by atoms with Gasteiger partial charge in [0, 0.05) is 17.7 Å². The van der Waals surface area contributed by atoms with Crippen LogP contribution in [0.2, 0.25) is 0 Å². The van der Waals surface area contributed by atoms with Gasteiger partial charge in [-0.3, -0.25) is 10.1 Å². The summed E-state index contributed by atoms with van der Waals surface area (Å²) in [5, 5.41) is 10.5. The lowest BCUT2D eigenvalue weighted by Gasteiger charge is -2.05. The number of rotatable bonds is 7. The summed E-state index contributed by atoms with van der Waals surface area (Å²) in [4.78, 5) is 21.7. The molecule has 0 heterocycles. The van der Waals surface area contributed by atoms with Crippen molar-refractivity contribution in [2.75, 3.05) is 0 Å². The highest BCUT2D eigenvalue weighted by Crippen LogP contribution is 2.13. The minimum atomic E-state index is -0.462. The van der Waals surface area contributed by atoms with Crippen molar-refractivity contribution < 1.29 is 14.5 Å². The van der Waals surface area contributed by atoms with E-state index in [9.17, 15) is 14.9 Å². The molecular formula is C15H19NO4.